The predicted octanol–water partition coefficient (Wildman–Crippen LogP) is 1.38. The molecule has 2 aromatic rings. The molecule has 0 unspecified atom stereocenters. The maximum atomic E-state index is 13.2. The molecule has 1 saturated heterocycles. The molecule has 0 aliphatic carbocycles. The number of nitrogens with one attached hydrogen (secondary N) is 2. The maximum absolute atomic E-state index is 13.2. The fraction of sp³-hybridized carbons (Fsp3) is 0.423. The van der Waals surface area contributed by atoms with Gasteiger partial charge in [-0.15, -0.1) is 0 Å². The quantitative estimate of drug-likeness (QED) is 0.453. The van der Waals surface area contributed by atoms with E-state index in [2.05, 4.69) is 10.6 Å². The molecule has 10 heteroatoms. The molecule has 0 bridgehead atoms. The Labute approximate surface area is 211 Å². The highest BCUT2D eigenvalue weighted by Crippen LogP contribution is 2.36. The van der Waals surface area contributed by atoms with Crippen LogP contribution in [0, 0.1) is 5.82 Å². The number of primary amides is 1. The van der Waals surface area contributed by atoms with Gasteiger partial charge in [0.05, 0.1) is 11.2 Å². The Balaban J connectivity index is 1.68. The molecule has 1 aliphatic heterocycles. The first kappa shape index (κ1) is 27.4. The summed E-state index contributed by atoms with van der Waals surface area (Å²) in [5.74, 6) is -2.09. The summed E-state index contributed by atoms with van der Waals surface area (Å²) in [5, 5.41) is 5.22. The third-order valence-corrected chi connectivity index (χ3v) is 6.65. The van der Waals surface area contributed by atoms with Gasteiger partial charge < -0.3 is 25.7 Å². The standard InChI is InChI=1S/C26H33BFN3O5/c1-16(32)30-22(15-18-8-12-20(28)13-9-18)24(34)31-21(23(29)33)14-17-6-10-19(11-7-17)27-35-25(2,3)26(4,5)36-27/h6-13,21-22H,14-15H2,1-5H3,(H2,29,33)(H,30,32)(H,31,34)/t21-,22+/m1/s1. The third kappa shape index (κ3) is 6.70. The number of carbonyl (C=O) groups is 3. The van der Waals surface area contributed by atoms with Crippen LogP contribution in [0.25, 0.3) is 0 Å². The van der Waals surface area contributed by atoms with E-state index in [0.717, 1.165) is 11.0 Å². The largest absolute Gasteiger partial charge is 0.494 e. The van der Waals surface area contributed by atoms with Crippen LogP contribution >= 0.6 is 0 Å². The second-order valence-corrected chi connectivity index (χ2v) is 10.1. The van der Waals surface area contributed by atoms with Crippen molar-refractivity contribution in [3.63, 3.8) is 0 Å². The number of rotatable bonds is 9. The van der Waals surface area contributed by atoms with Crippen LogP contribution in [0.1, 0.15) is 45.7 Å². The highest BCUT2D eigenvalue weighted by atomic mass is 19.1. The van der Waals surface area contributed by atoms with Crippen LogP contribution in [0.5, 0.6) is 0 Å². The Morgan fingerprint density at radius 3 is 1.81 bits per heavy atom. The Hall–Kier alpha value is -3.24. The molecule has 8 nitrogen and oxygen atoms in total. The smallest absolute Gasteiger partial charge is 0.399 e. The summed E-state index contributed by atoms with van der Waals surface area (Å²) in [6.45, 7) is 9.20. The van der Waals surface area contributed by atoms with Crippen LogP contribution in [0.2, 0.25) is 0 Å². The first-order valence-electron chi connectivity index (χ1n) is 11.8. The molecule has 2 atom stereocenters. The second-order valence-electron chi connectivity index (χ2n) is 10.1. The van der Waals surface area contributed by atoms with Crippen molar-refractivity contribution in [1.29, 1.82) is 0 Å². The molecule has 36 heavy (non-hydrogen) atoms. The van der Waals surface area contributed by atoms with Crippen LogP contribution in [0.15, 0.2) is 48.5 Å². The van der Waals surface area contributed by atoms with Crippen molar-refractivity contribution in [2.75, 3.05) is 0 Å². The Morgan fingerprint density at radius 2 is 1.33 bits per heavy atom. The highest BCUT2D eigenvalue weighted by molar-refractivity contribution is 6.62. The number of nitrogens with two attached hydrogens (primary N) is 1. The third-order valence-electron chi connectivity index (χ3n) is 6.65. The van der Waals surface area contributed by atoms with Gasteiger partial charge in [0.15, 0.2) is 0 Å². The van der Waals surface area contributed by atoms with E-state index in [1.807, 2.05) is 52.0 Å². The topological polar surface area (TPSA) is 120 Å². The Kier molecular flexibility index (Phi) is 8.21. The van der Waals surface area contributed by atoms with E-state index in [4.69, 9.17) is 15.0 Å². The van der Waals surface area contributed by atoms with Gasteiger partial charge in [0.25, 0.3) is 0 Å². The molecule has 1 heterocycles. The molecule has 3 amide bonds. The maximum Gasteiger partial charge on any atom is 0.494 e. The molecule has 2 aromatic carbocycles. The normalized spacial score (nSPS) is 17.8. The van der Waals surface area contributed by atoms with E-state index < -0.39 is 53.9 Å². The fourth-order valence-electron chi connectivity index (χ4n) is 3.83. The van der Waals surface area contributed by atoms with Gasteiger partial charge in [-0.05, 0) is 56.4 Å². The molecule has 4 N–H and O–H groups in total. The van der Waals surface area contributed by atoms with E-state index in [-0.39, 0.29) is 12.8 Å². The van der Waals surface area contributed by atoms with Crippen molar-refractivity contribution in [2.24, 2.45) is 5.73 Å². The molecule has 0 saturated carbocycles. The van der Waals surface area contributed by atoms with Gasteiger partial charge >= 0.3 is 7.12 Å². The van der Waals surface area contributed by atoms with Crippen LogP contribution in [-0.4, -0.2) is 48.1 Å². The van der Waals surface area contributed by atoms with Crippen molar-refractivity contribution in [3.05, 3.63) is 65.5 Å². The van der Waals surface area contributed by atoms with E-state index in [1.165, 1.54) is 31.2 Å². The summed E-state index contributed by atoms with van der Waals surface area (Å²) < 4.78 is 25.4. The average molecular weight is 497 g/mol. The lowest BCUT2D eigenvalue weighted by atomic mass is 9.78. The molecule has 0 aromatic heterocycles. The van der Waals surface area contributed by atoms with Crippen LogP contribution < -0.4 is 21.8 Å². The molecule has 3 rings (SSSR count). The first-order chi connectivity index (χ1) is 16.8. The van der Waals surface area contributed by atoms with E-state index in [0.29, 0.717) is 5.56 Å². The molecule has 192 valence electrons. The molecule has 0 spiro atoms. The van der Waals surface area contributed by atoms with Gasteiger partial charge in [0.1, 0.15) is 17.9 Å². The minimum atomic E-state index is -0.996. The van der Waals surface area contributed by atoms with Crippen molar-refractivity contribution in [3.8, 4) is 0 Å². The van der Waals surface area contributed by atoms with Gasteiger partial charge in [-0.1, -0.05) is 36.4 Å². The minimum absolute atomic E-state index is 0.125. The zero-order valence-corrected chi connectivity index (χ0v) is 21.3. The summed E-state index contributed by atoms with van der Waals surface area (Å²) in [6.07, 6.45) is 0.286. The summed E-state index contributed by atoms with van der Waals surface area (Å²) in [7, 11) is -0.513. The summed E-state index contributed by atoms with van der Waals surface area (Å²) in [6, 6.07) is 11.0. The number of hydrogen-bond donors (Lipinski definition) is 3. The lowest BCUT2D eigenvalue weighted by molar-refractivity contribution is -0.130. The van der Waals surface area contributed by atoms with Crippen LogP contribution in [0.3, 0.4) is 0 Å². The monoisotopic (exact) mass is 497 g/mol. The Morgan fingerprint density at radius 1 is 0.861 bits per heavy atom. The zero-order chi connectivity index (χ0) is 26.7. The number of hydrogen-bond acceptors (Lipinski definition) is 5. The van der Waals surface area contributed by atoms with Gasteiger partial charge in [-0.3, -0.25) is 14.4 Å². The molecular weight excluding hydrogens is 464 g/mol. The number of carbonyl (C=O) groups excluding carboxylic acids is 3. The first-order valence-corrected chi connectivity index (χ1v) is 11.8. The van der Waals surface area contributed by atoms with Gasteiger partial charge in [0, 0.05) is 19.8 Å². The van der Waals surface area contributed by atoms with Crippen LogP contribution in [-0.2, 0) is 36.5 Å². The average Bonchev–Trinajstić information content (AvgIpc) is 3.01. The van der Waals surface area contributed by atoms with E-state index in [1.54, 1.807) is 0 Å². The molecule has 1 aliphatic rings. The SMILES string of the molecule is CC(=O)N[C@@H](Cc1ccc(F)cc1)C(=O)N[C@H](Cc1ccc(B2OC(C)(C)C(C)(C)O2)cc1)C(N)=O. The summed E-state index contributed by atoms with van der Waals surface area (Å²) >= 11 is 0. The van der Waals surface area contributed by atoms with Crippen LogP contribution in [0.4, 0.5) is 4.39 Å². The number of amides is 3. The zero-order valence-electron chi connectivity index (χ0n) is 21.3. The number of halogens is 1. The number of benzene rings is 2. The predicted molar refractivity (Wildman–Crippen MR) is 135 cm³/mol. The summed E-state index contributed by atoms with van der Waals surface area (Å²) in [4.78, 5) is 36.8. The van der Waals surface area contributed by atoms with Gasteiger partial charge in [0.2, 0.25) is 17.7 Å². The van der Waals surface area contributed by atoms with Crippen molar-refractivity contribution < 1.29 is 28.1 Å². The lowest BCUT2D eigenvalue weighted by Crippen LogP contribution is -2.54. The van der Waals surface area contributed by atoms with E-state index in [9.17, 15) is 18.8 Å². The van der Waals surface area contributed by atoms with Gasteiger partial charge in [-0.25, -0.2) is 4.39 Å². The summed E-state index contributed by atoms with van der Waals surface area (Å²) in [5.41, 5.74) is 6.90. The molecular formula is C26H33BFN3O5. The Bertz CT molecular complexity index is 1090. The fourth-order valence-corrected chi connectivity index (χ4v) is 3.83. The van der Waals surface area contributed by atoms with Crippen molar-refractivity contribution in [2.45, 2.75) is 70.7 Å². The van der Waals surface area contributed by atoms with Crippen molar-refractivity contribution >= 4 is 30.3 Å². The van der Waals surface area contributed by atoms with Crippen molar-refractivity contribution in [1.82, 2.24) is 10.6 Å². The lowest BCUT2D eigenvalue weighted by Gasteiger charge is -2.32. The second kappa shape index (κ2) is 10.8. The van der Waals surface area contributed by atoms with Gasteiger partial charge in [-0.2, -0.15) is 0 Å². The minimum Gasteiger partial charge on any atom is -0.399 e. The highest BCUT2D eigenvalue weighted by Gasteiger charge is 2.51. The van der Waals surface area contributed by atoms with E-state index >= 15 is 0 Å². The molecule has 0 radical (unpaired) electrons. The molecule has 1 fully saturated rings.